The maximum absolute atomic E-state index is 12.6. The molecule has 25 heavy (non-hydrogen) atoms. The van der Waals surface area contributed by atoms with Crippen molar-refractivity contribution < 1.29 is 9.59 Å². The van der Waals surface area contributed by atoms with E-state index in [0.717, 1.165) is 18.4 Å². The maximum atomic E-state index is 12.6. The molecule has 1 aliphatic heterocycles. The van der Waals surface area contributed by atoms with Gasteiger partial charge in [-0.15, -0.1) is 0 Å². The lowest BCUT2D eigenvalue weighted by Gasteiger charge is -2.29. The van der Waals surface area contributed by atoms with Gasteiger partial charge in [0.25, 0.3) is 0 Å². The van der Waals surface area contributed by atoms with E-state index >= 15 is 0 Å². The van der Waals surface area contributed by atoms with E-state index in [9.17, 15) is 9.59 Å². The molecule has 2 fully saturated rings. The number of rotatable bonds is 4. The number of carbonyl (C=O) groups excluding carboxylic acids is 2. The molecule has 1 saturated heterocycles. The van der Waals surface area contributed by atoms with Crippen LogP contribution in [0.3, 0.4) is 0 Å². The summed E-state index contributed by atoms with van der Waals surface area (Å²) in [6, 6.07) is 10.3. The maximum Gasteiger partial charge on any atom is 0.234 e. The second-order valence-corrected chi connectivity index (χ2v) is 7.21. The Morgan fingerprint density at radius 1 is 1.12 bits per heavy atom. The quantitative estimate of drug-likeness (QED) is 0.825. The van der Waals surface area contributed by atoms with Crippen molar-refractivity contribution in [2.24, 2.45) is 0 Å². The second kappa shape index (κ2) is 8.99. The van der Waals surface area contributed by atoms with Gasteiger partial charge < -0.3 is 10.6 Å². The summed E-state index contributed by atoms with van der Waals surface area (Å²) in [5, 5.41) is 6.15. The Morgan fingerprint density at radius 3 is 2.56 bits per heavy atom. The summed E-state index contributed by atoms with van der Waals surface area (Å²) in [4.78, 5) is 26.8. The fourth-order valence-electron chi connectivity index (χ4n) is 3.95. The fraction of sp³-hybridized carbons (Fsp3) is 0.600. The molecule has 1 aromatic rings. The molecular formula is C20H29N3O2. The third-order valence-electron chi connectivity index (χ3n) is 5.29. The van der Waals surface area contributed by atoms with Gasteiger partial charge in [-0.1, -0.05) is 56.0 Å². The van der Waals surface area contributed by atoms with Gasteiger partial charge >= 0.3 is 0 Å². The highest BCUT2D eigenvalue weighted by atomic mass is 16.2. The topological polar surface area (TPSA) is 61.4 Å². The van der Waals surface area contributed by atoms with Crippen molar-refractivity contribution in [2.75, 3.05) is 19.6 Å². The van der Waals surface area contributed by atoms with Gasteiger partial charge in [0.05, 0.1) is 6.54 Å². The number of benzene rings is 1. The summed E-state index contributed by atoms with van der Waals surface area (Å²) < 4.78 is 0. The molecule has 0 radical (unpaired) electrons. The van der Waals surface area contributed by atoms with Gasteiger partial charge in [0.15, 0.2) is 0 Å². The molecule has 0 bridgehead atoms. The molecule has 0 spiro atoms. The number of carbonyl (C=O) groups is 2. The van der Waals surface area contributed by atoms with Gasteiger partial charge in [0.1, 0.15) is 0 Å². The van der Waals surface area contributed by atoms with Crippen LogP contribution in [0.5, 0.6) is 0 Å². The third-order valence-corrected chi connectivity index (χ3v) is 5.29. The zero-order valence-corrected chi connectivity index (χ0v) is 14.9. The summed E-state index contributed by atoms with van der Waals surface area (Å²) >= 11 is 0. The van der Waals surface area contributed by atoms with Crippen LogP contribution in [0.1, 0.15) is 56.6 Å². The van der Waals surface area contributed by atoms with Crippen molar-refractivity contribution >= 4 is 11.8 Å². The molecule has 1 heterocycles. The number of hydrogen-bond donors (Lipinski definition) is 2. The molecule has 1 saturated carbocycles. The van der Waals surface area contributed by atoms with Crippen LogP contribution in [-0.4, -0.2) is 42.4 Å². The Hall–Kier alpha value is -1.88. The molecule has 1 aliphatic carbocycles. The molecule has 1 aromatic carbocycles. The summed E-state index contributed by atoms with van der Waals surface area (Å²) in [6.45, 7) is 1.65. The molecule has 2 aliphatic rings. The first-order valence-corrected chi connectivity index (χ1v) is 9.57. The van der Waals surface area contributed by atoms with Crippen LogP contribution in [0.4, 0.5) is 0 Å². The third kappa shape index (κ3) is 5.30. The predicted molar refractivity (Wildman–Crippen MR) is 98.0 cm³/mol. The highest BCUT2D eigenvalue weighted by Crippen LogP contribution is 2.25. The van der Waals surface area contributed by atoms with E-state index < -0.39 is 0 Å². The molecule has 5 nitrogen and oxygen atoms in total. The summed E-state index contributed by atoms with van der Waals surface area (Å²) in [6.07, 6.45) is 7.56. The number of amides is 2. The van der Waals surface area contributed by atoms with Crippen molar-refractivity contribution in [3.8, 4) is 0 Å². The SMILES string of the molecule is O=C1C[C@H](c2ccccc2)N(CC(=O)NC2CCCCCC2)CCN1. The van der Waals surface area contributed by atoms with Gasteiger partial charge in [0, 0.05) is 31.6 Å². The van der Waals surface area contributed by atoms with Crippen molar-refractivity contribution in [1.29, 1.82) is 0 Å². The first-order valence-electron chi connectivity index (χ1n) is 9.57. The monoisotopic (exact) mass is 343 g/mol. The van der Waals surface area contributed by atoms with Crippen molar-refractivity contribution in [2.45, 2.75) is 57.0 Å². The highest BCUT2D eigenvalue weighted by molar-refractivity contribution is 5.79. The molecular weight excluding hydrogens is 314 g/mol. The van der Waals surface area contributed by atoms with E-state index in [-0.39, 0.29) is 17.9 Å². The smallest absolute Gasteiger partial charge is 0.234 e. The molecule has 5 heteroatoms. The van der Waals surface area contributed by atoms with Gasteiger partial charge in [-0.05, 0) is 18.4 Å². The minimum atomic E-state index is -0.0383. The minimum absolute atomic E-state index is 0.0383. The van der Waals surface area contributed by atoms with Gasteiger partial charge in [-0.25, -0.2) is 0 Å². The molecule has 0 unspecified atom stereocenters. The lowest BCUT2D eigenvalue weighted by molar-refractivity contribution is -0.125. The first kappa shape index (κ1) is 17.9. The number of nitrogens with one attached hydrogen (secondary N) is 2. The summed E-state index contributed by atoms with van der Waals surface area (Å²) in [7, 11) is 0. The van der Waals surface area contributed by atoms with E-state index in [1.165, 1.54) is 25.7 Å². The zero-order chi connectivity index (χ0) is 17.5. The lowest BCUT2D eigenvalue weighted by Crippen LogP contribution is -2.43. The van der Waals surface area contributed by atoms with Crippen molar-refractivity contribution in [1.82, 2.24) is 15.5 Å². The molecule has 2 amide bonds. The number of hydrogen-bond acceptors (Lipinski definition) is 3. The zero-order valence-electron chi connectivity index (χ0n) is 14.9. The number of nitrogens with zero attached hydrogens (tertiary/aromatic N) is 1. The lowest BCUT2D eigenvalue weighted by atomic mass is 10.0. The van der Waals surface area contributed by atoms with Crippen LogP contribution >= 0.6 is 0 Å². The fourth-order valence-corrected chi connectivity index (χ4v) is 3.95. The Kier molecular flexibility index (Phi) is 6.45. The summed E-state index contributed by atoms with van der Waals surface area (Å²) in [5.41, 5.74) is 1.10. The van der Waals surface area contributed by atoms with Crippen LogP contribution in [0.15, 0.2) is 30.3 Å². The van der Waals surface area contributed by atoms with E-state index in [4.69, 9.17) is 0 Å². The van der Waals surface area contributed by atoms with Crippen molar-refractivity contribution in [3.05, 3.63) is 35.9 Å². The predicted octanol–water partition coefficient (Wildman–Crippen LogP) is 2.39. The Bertz CT molecular complexity index is 568. The average Bonchev–Trinajstić information content (AvgIpc) is 2.97. The second-order valence-electron chi connectivity index (χ2n) is 7.21. The molecule has 136 valence electrons. The summed E-state index contributed by atoms with van der Waals surface area (Å²) in [5.74, 6) is 0.141. The first-order chi connectivity index (χ1) is 12.2. The van der Waals surface area contributed by atoms with E-state index in [1.807, 2.05) is 30.3 Å². The molecule has 2 N–H and O–H groups in total. The Labute approximate surface area is 150 Å². The van der Waals surface area contributed by atoms with Gasteiger partial charge in [-0.2, -0.15) is 0 Å². The standard InChI is InChI=1S/C20H29N3O2/c24-19-14-18(16-8-4-3-5-9-16)23(13-12-21-19)15-20(25)22-17-10-6-1-2-7-11-17/h3-5,8-9,17-18H,1-2,6-7,10-15H2,(H,21,24)(H,22,25)/t18-/m1/s1. The molecule has 0 aromatic heterocycles. The van der Waals surface area contributed by atoms with Crippen LogP contribution in [-0.2, 0) is 9.59 Å². The molecule has 1 atom stereocenters. The van der Waals surface area contributed by atoms with Gasteiger partial charge in [0.2, 0.25) is 11.8 Å². The van der Waals surface area contributed by atoms with Crippen molar-refractivity contribution in [3.63, 3.8) is 0 Å². The largest absolute Gasteiger partial charge is 0.355 e. The van der Waals surface area contributed by atoms with Crippen LogP contribution in [0, 0.1) is 0 Å². The Balaban J connectivity index is 1.64. The normalized spacial score (nSPS) is 23.4. The molecule has 3 rings (SSSR count). The minimum Gasteiger partial charge on any atom is -0.355 e. The van der Waals surface area contributed by atoms with E-state index in [2.05, 4.69) is 15.5 Å². The van der Waals surface area contributed by atoms with Crippen LogP contribution in [0.2, 0.25) is 0 Å². The average molecular weight is 343 g/mol. The van der Waals surface area contributed by atoms with Crippen LogP contribution in [0.25, 0.3) is 0 Å². The Morgan fingerprint density at radius 2 is 1.84 bits per heavy atom. The van der Waals surface area contributed by atoms with Crippen LogP contribution < -0.4 is 10.6 Å². The van der Waals surface area contributed by atoms with E-state index in [0.29, 0.717) is 32.1 Å². The highest BCUT2D eigenvalue weighted by Gasteiger charge is 2.28. The van der Waals surface area contributed by atoms with Gasteiger partial charge in [-0.3, -0.25) is 14.5 Å². The van der Waals surface area contributed by atoms with E-state index in [1.54, 1.807) is 0 Å².